The third-order valence-corrected chi connectivity index (χ3v) is 8.48. The van der Waals surface area contributed by atoms with Gasteiger partial charge in [-0.2, -0.15) is 0 Å². The van der Waals surface area contributed by atoms with Crippen LogP contribution >= 0.6 is 11.9 Å². The van der Waals surface area contributed by atoms with E-state index in [4.69, 9.17) is 4.99 Å². The van der Waals surface area contributed by atoms with Gasteiger partial charge in [0.1, 0.15) is 0 Å². The maximum atomic E-state index is 5.40. The van der Waals surface area contributed by atoms with Crippen LogP contribution in [0.25, 0.3) is 0 Å². The second-order valence-corrected chi connectivity index (χ2v) is 10.9. The van der Waals surface area contributed by atoms with Gasteiger partial charge in [-0.15, -0.1) is 0 Å². The van der Waals surface area contributed by atoms with E-state index in [1.807, 2.05) is 11.9 Å². The fourth-order valence-corrected chi connectivity index (χ4v) is 6.38. The standard InChI is InChI=1S/C24H36N4S/c1-19(2)20-8-10-22(11-9-20)29-28-18-24(12-3-4-13-24)25-23(28)27-16-14-26(15-17-27)21-6-5-7-21/h8-11,19,21H,3-7,12-18H2,1-2H3. The lowest BCUT2D eigenvalue weighted by Gasteiger charge is -2.44. The molecule has 4 nitrogen and oxygen atoms in total. The third kappa shape index (κ3) is 4.05. The Hall–Kier alpha value is -1.20. The highest BCUT2D eigenvalue weighted by Gasteiger charge is 2.44. The van der Waals surface area contributed by atoms with Crippen LogP contribution in [-0.4, -0.2) is 64.4 Å². The Balaban J connectivity index is 1.30. The van der Waals surface area contributed by atoms with Gasteiger partial charge in [-0.3, -0.25) is 9.21 Å². The topological polar surface area (TPSA) is 22.1 Å². The van der Waals surface area contributed by atoms with Crippen LogP contribution in [-0.2, 0) is 0 Å². The molecule has 0 bridgehead atoms. The molecule has 0 radical (unpaired) electrons. The number of rotatable bonds is 4. The first-order valence-corrected chi connectivity index (χ1v) is 12.5. The van der Waals surface area contributed by atoms with E-state index in [0.29, 0.717) is 5.92 Å². The number of hydrogen-bond donors (Lipinski definition) is 0. The van der Waals surface area contributed by atoms with Crippen LogP contribution in [0, 0.1) is 0 Å². The number of nitrogens with zero attached hydrogens (tertiary/aromatic N) is 4. The Morgan fingerprint density at radius 1 is 0.966 bits per heavy atom. The van der Waals surface area contributed by atoms with E-state index < -0.39 is 0 Å². The molecule has 1 spiro atoms. The molecular formula is C24H36N4S. The normalized spacial score (nSPS) is 25.1. The minimum atomic E-state index is 0.186. The van der Waals surface area contributed by atoms with Crippen molar-refractivity contribution in [1.29, 1.82) is 0 Å². The molecule has 0 aromatic heterocycles. The Kier molecular flexibility index (Phi) is 5.55. The molecule has 4 aliphatic rings. The van der Waals surface area contributed by atoms with Gasteiger partial charge in [-0.05, 0) is 61.2 Å². The molecule has 3 fully saturated rings. The van der Waals surface area contributed by atoms with Gasteiger partial charge in [-0.1, -0.05) is 45.2 Å². The average molecular weight is 413 g/mol. The van der Waals surface area contributed by atoms with Gasteiger partial charge >= 0.3 is 0 Å². The Bertz CT molecular complexity index is 726. The van der Waals surface area contributed by atoms with Crippen LogP contribution < -0.4 is 0 Å². The fraction of sp³-hybridized carbons (Fsp3) is 0.708. The predicted molar refractivity (Wildman–Crippen MR) is 123 cm³/mol. The highest BCUT2D eigenvalue weighted by atomic mass is 32.2. The van der Waals surface area contributed by atoms with Gasteiger partial charge in [0.25, 0.3) is 0 Å². The summed E-state index contributed by atoms with van der Waals surface area (Å²) in [6.45, 7) is 10.3. The first-order valence-electron chi connectivity index (χ1n) is 11.8. The maximum absolute atomic E-state index is 5.40. The molecule has 2 aliphatic heterocycles. The molecule has 29 heavy (non-hydrogen) atoms. The summed E-state index contributed by atoms with van der Waals surface area (Å²) in [4.78, 5) is 12.0. The van der Waals surface area contributed by atoms with E-state index in [9.17, 15) is 0 Å². The van der Waals surface area contributed by atoms with Crippen molar-refractivity contribution in [3.8, 4) is 0 Å². The molecule has 1 aromatic carbocycles. The van der Waals surface area contributed by atoms with Crippen molar-refractivity contribution in [2.75, 3.05) is 32.7 Å². The molecule has 2 heterocycles. The summed E-state index contributed by atoms with van der Waals surface area (Å²) in [7, 11) is 0. The third-order valence-electron chi connectivity index (χ3n) is 7.48. The van der Waals surface area contributed by atoms with Crippen LogP contribution in [0.2, 0.25) is 0 Å². The predicted octanol–water partition coefficient (Wildman–Crippen LogP) is 4.97. The van der Waals surface area contributed by atoms with Gasteiger partial charge in [0, 0.05) is 37.1 Å². The minimum Gasteiger partial charge on any atom is -0.340 e. The average Bonchev–Trinajstić information content (AvgIpc) is 3.28. The van der Waals surface area contributed by atoms with E-state index in [0.717, 1.165) is 25.7 Å². The van der Waals surface area contributed by atoms with E-state index in [-0.39, 0.29) is 5.54 Å². The van der Waals surface area contributed by atoms with Gasteiger partial charge in [0.05, 0.1) is 12.1 Å². The Labute approximate surface area is 180 Å². The van der Waals surface area contributed by atoms with Crippen LogP contribution in [0.4, 0.5) is 0 Å². The fourth-order valence-electron chi connectivity index (χ4n) is 5.33. The van der Waals surface area contributed by atoms with Gasteiger partial charge in [0.2, 0.25) is 5.96 Å². The summed E-state index contributed by atoms with van der Waals surface area (Å²) >= 11 is 1.90. The number of guanidine groups is 1. The monoisotopic (exact) mass is 412 g/mol. The number of benzene rings is 1. The summed E-state index contributed by atoms with van der Waals surface area (Å²) in [6, 6.07) is 10.1. The van der Waals surface area contributed by atoms with Crippen LogP contribution in [0.15, 0.2) is 34.2 Å². The van der Waals surface area contributed by atoms with E-state index in [2.05, 4.69) is 52.2 Å². The minimum absolute atomic E-state index is 0.186. The zero-order valence-electron chi connectivity index (χ0n) is 18.1. The largest absolute Gasteiger partial charge is 0.340 e. The molecule has 1 saturated heterocycles. The second-order valence-electron chi connectivity index (χ2n) is 9.80. The van der Waals surface area contributed by atoms with Crippen molar-refractivity contribution in [2.24, 2.45) is 4.99 Å². The molecule has 0 amide bonds. The number of aliphatic imine (C=N–C) groups is 1. The highest BCUT2D eigenvalue weighted by Crippen LogP contribution is 2.42. The molecule has 2 aliphatic carbocycles. The molecule has 1 aromatic rings. The van der Waals surface area contributed by atoms with Crippen molar-refractivity contribution in [3.05, 3.63) is 29.8 Å². The lowest BCUT2D eigenvalue weighted by molar-refractivity contribution is 0.0835. The van der Waals surface area contributed by atoms with Crippen LogP contribution in [0.1, 0.15) is 70.3 Å². The summed E-state index contributed by atoms with van der Waals surface area (Å²) in [5.41, 5.74) is 1.61. The zero-order valence-corrected chi connectivity index (χ0v) is 19.0. The van der Waals surface area contributed by atoms with Gasteiger partial charge in [0.15, 0.2) is 0 Å². The van der Waals surface area contributed by atoms with E-state index in [1.54, 1.807) is 0 Å². The van der Waals surface area contributed by atoms with Crippen LogP contribution in [0.5, 0.6) is 0 Å². The molecule has 158 valence electrons. The molecule has 5 heteroatoms. The van der Waals surface area contributed by atoms with Gasteiger partial charge < -0.3 is 4.90 Å². The first kappa shape index (κ1) is 19.7. The molecule has 2 saturated carbocycles. The summed E-state index contributed by atoms with van der Waals surface area (Å²) in [5, 5.41) is 0. The zero-order chi connectivity index (χ0) is 19.8. The lowest BCUT2D eigenvalue weighted by atomic mass is 9.91. The highest BCUT2D eigenvalue weighted by molar-refractivity contribution is 7.97. The molecule has 5 rings (SSSR count). The van der Waals surface area contributed by atoms with Crippen molar-refractivity contribution in [3.63, 3.8) is 0 Å². The first-order chi connectivity index (χ1) is 14.1. The summed E-state index contributed by atoms with van der Waals surface area (Å²) < 4.78 is 2.52. The summed E-state index contributed by atoms with van der Waals surface area (Å²) in [6.07, 6.45) is 9.47. The Morgan fingerprint density at radius 3 is 2.24 bits per heavy atom. The van der Waals surface area contributed by atoms with Crippen molar-refractivity contribution in [1.82, 2.24) is 14.1 Å². The Morgan fingerprint density at radius 2 is 1.66 bits per heavy atom. The molecular weight excluding hydrogens is 376 g/mol. The quantitative estimate of drug-likeness (QED) is 0.651. The summed E-state index contributed by atoms with van der Waals surface area (Å²) in [5.74, 6) is 1.85. The maximum Gasteiger partial charge on any atom is 0.207 e. The lowest BCUT2D eigenvalue weighted by Crippen LogP contribution is -2.55. The SMILES string of the molecule is CC(C)c1ccc(SN2CC3(CCCC3)N=C2N2CCN(C3CCC3)CC2)cc1. The molecule has 0 atom stereocenters. The van der Waals surface area contributed by atoms with Crippen molar-refractivity contribution < 1.29 is 0 Å². The van der Waals surface area contributed by atoms with Crippen molar-refractivity contribution in [2.45, 2.75) is 81.2 Å². The molecule has 0 unspecified atom stereocenters. The van der Waals surface area contributed by atoms with E-state index in [1.165, 1.54) is 74.5 Å². The number of piperazine rings is 1. The van der Waals surface area contributed by atoms with Crippen LogP contribution in [0.3, 0.4) is 0 Å². The van der Waals surface area contributed by atoms with Gasteiger partial charge in [-0.25, -0.2) is 4.99 Å². The smallest absolute Gasteiger partial charge is 0.207 e. The molecule has 0 N–H and O–H groups in total. The second kappa shape index (κ2) is 8.14. The van der Waals surface area contributed by atoms with E-state index >= 15 is 0 Å². The van der Waals surface area contributed by atoms with Crippen molar-refractivity contribution >= 4 is 17.9 Å². The number of hydrogen-bond acceptors (Lipinski definition) is 5.